The monoisotopic (exact) mass is 408 g/mol. The molecule has 1 N–H and O–H groups in total. The molecule has 1 nitrogen and oxygen atoms in total. The van der Waals surface area contributed by atoms with Crippen molar-refractivity contribution >= 4 is 43.2 Å². The number of hydrogen-bond acceptors (Lipinski definition) is 2. The predicted molar refractivity (Wildman–Crippen MR) is 89.6 cm³/mol. The number of thiophene rings is 1. The van der Waals surface area contributed by atoms with Crippen LogP contribution in [0.2, 0.25) is 0 Å². The first-order valence-electron chi connectivity index (χ1n) is 6.92. The third kappa shape index (κ3) is 3.84. The minimum Gasteiger partial charge on any atom is -0.387 e. The Morgan fingerprint density at radius 1 is 1.21 bits per heavy atom. The summed E-state index contributed by atoms with van der Waals surface area (Å²) >= 11 is 8.64. The molecule has 1 atom stereocenters. The quantitative estimate of drug-likeness (QED) is 0.619. The molecule has 2 rings (SSSR count). The van der Waals surface area contributed by atoms with E-state index in [0.717, 1.165) is 31.9 Å². The van der Waals surface area contributed by atoms with Crippen LogP contribution in [-0.4, -0.2) is 5.11 Å². The molecular weight excluding hydrogens is 388 g/mol. The first kappa shape index (κ1) is 16.0. The normalized spacial score (nSPS) is 26.4. The molecule has 1 unspecified atom stereocenters. The van der Waals surface area contributed by atoms with Crippen molar-refractivity contribution in [2.75, 3.05) is 0 Å². The molecule has 108 valence electrons. The third-order valence-corrected chi connectivity index (χ3v) is 7.73. The van der Waals surface area contributed by atoms with Crippen LogP contribution in [0.4, 0.5) is 0 Å². The Labute approximate surface area is 137 Å². The molecule has 1 fully saturated rings. The summed E-state index contributed by atoms with van der Waals surface area (Å²) in [7, 11) is 0. The van der Waals surface area contributed by atoms with E-state index in [0.29, 0.717) is 11.3 Å². The fraction of sp³-hybridized carbons (Fsp3) is 0.733. The van der Waals surface area contributed by atoms with Crippen LogP contribution in [-0.2, 0) is 0 Å². The Kier molecular flexibility index (Phi) is 5.19. The van der Waals surface area contributed by atoms with Gasteiger partial charge in [0.1, 0.15) is 0 Å². The molecule has 0 aliphatic heterocycles. The van der Waals surface area contributed by atoms with Gasteiger partial charge in [-0.15, -0.1) is 11.3 Å². The lowest BCUT2D eigenvalue weighted by atomic mass is 9.69. The maximum atomic E-state index is 10.5. The van der Waals surface area contributed by atoms with E-state index in [1.54, 1.807) is 11.3 Å². The molecule has 19 heavy (non-hydrogen) atoms. The summed E-state index contributed by atoms with van der Waals surface area (Å²) in [6.45, 7) is 7.01. The van der Waals surface area contributed by atoms with Crippen molar-refractivity contribution in [3.05, 3.63) is 19.2 Å². The number of rotatable bonds is 2. The zero-order valence-corrected chi connectivity index (χ0v) is 15.7. The number of aliphatic hydroxyl groups excluding tert-OH is 1. The zero-order valence-electron chi connectivity index (χ0n) is 11.7. The van der Waals surface area contributed by atoms with Gasteiger partial charge in [-0.1, -0.05) is 20.8 Å². The van der Waals surface area contributed by atoms with Crippen LogP contribution in [0.5, 0.6) is 0 Å². The van der Waals surface area contributed by atoms with Gasteiger partial charge in [0.2, 0.25) is 0 Å². The van der Waals surface area contributed by atoms with E-state index in [1.165, 1.54) is 12.8 Å². The molecule has 0 radical (unpaired) electrons. The summed E-state index contributed by atoms with van der Waals surface area (Å²) in [5.74, 6) is 1.23. The Bertz CT molecular complexity index is 408. The van der Waals surface area contributed by atoms with Crippen molar-refractivity contribution < 1.29 is 5.11 Å². The first-order chi connectivity index (χ1) is 8.79. The molecule has 0 saturated heterocycles. The lowest BCUT2D eigenvalue weighted by molar-refractivity contribution is 0.0549. The lowest BCUT2D eigenvalue weighted by Gasteiger charge is -2.38. The van der Waals surface area contributed by atoms with Gasteiger partial charge in [0, 0.05) is 9.35 Å². The molecule has 1 heterocycles. The average Bonchev–Trinajstić information content (AvgIpc) is 2.68. The van der Waals surface area contributed by atoms with Gasteiger partial charge in [0.25, 0.3) is 0 Å². The van der Waals surface area contributed by atoms with Crippen LogP contribution < -0.4 is 0 Å². The molecule has 0 spiro atoms. The highest BCUT2D eigenvalue weighted by atomic mass is 79.9. The van der Waals surface area contributed by atoms with E-state index < -0.39 is 0 Å². The molecule has 1 aliphatic rings. The molecule has 0 aromatic carbocycles. The van der Waals surface area contributed by atoms with Crippen LogP contribution in [0.25, 0.3) is 0 Å². The van der Waals surface area contributed by atoms with Crippen molar-refractivity contribution in [2.45, 2.75) is 52.6 Å². The maximum absolute atomic E-state index is 10.5. The summed E-state index contributed by atoms with van der Waals surface area (Å²) in [5.41, 5.74) is 0.408. The standard InChI is InChI=1S/C15H22Br2OS/c1-15(2,3)10-6-4-9(5-7-10)13(18)12-8-11(16)14(17)19-12/h8-10,13,18H,4-7H2,1-3H3. The van der Waals surface area contributed by atoms with E-state index in [2.05, 4.69) is 58.7 Å². The van der Waals surface area contributed by atoms with E-state index in [9.17, 15) is 5.11 Å². The fourth-order valence-corrected chi connectivity index (χ4v) is 5.21. The van der Waals surface area contributed by atoms with Crippen LogP contribution in [0.3, 0.4) is 0 Å². The smallest absolute Gasteiger partial charge is 0.0910 e. The second-order valence-electron chi connectivity index (χ2n) is 6.69. The summed E-state index contributed by atoms with van der Waals surface area (Å²) < 4.78 is 2.12. The van der Waals surface area contributed by atoms with Gasteiger partial charge in [-0.05, 0) is 80.9 Å². The van der Waals surface area contributed by atoms with Crippen molar-refractivity contribution in [3.8, 4) is 0 Å². The Hall–Kier alpha value is 0.620. The summed E-state index contributed by atoms with van der Waals surface area (Å²) in [6.07, 6.45) is 4.50. The van der Waals surface area contributed by atoms with Crippen molar-refractivity contribution in [1.29, 1.82) is 0 Å². The average molecular weight is 410 g/mol. The molecule has 0 amide bonds. The lowest BCUT2D eigenvalue weighted by Crippen LogP contribution is -2.27. The minimum atomic E-state index is -0.298. The second-order valence-corrected chi connectivity index (χ2v) is 9.95. The van der Waals surface area contributed by atoms with Gasteiger partial charge in [-0.3, -0.25) is 0 Å². The van der Waals surface area contributed by atoms with E-state index >= 15 is 0 Å². The molecule has 1 aromatic rings. The predicted octanol–water partition coefficient (Wildman–Crippen LogP) is 6.16. The van der Waals surface area contributed by atoms with Crippen LogP contribution in [0.15, 0.2) is 14.3 Å². The summed E-state index contributed by atoms with van der Waals surface area (Å²) in [4.78, 5) is 1.08. The maximum Gasteiger partial charge on any atom is 0.0910 e. The molecule has 1 saturated carbocycles. The van der Waals surface area contributed by atoms with Gasteiger partial charge >= 0.3 is 0 Å². The second kappa shape index (κ2) is 6.17. The number of aliphatic hydroxyl groups is 1. The Balaban J connectivity index is 1.98. The molecular formula is C15H22Br2OS. The van der Waals surface area contributed by atoms with E-state index in [-0.39, 0.29) is 6.10 Å². The summed E-state index contributed by atoms with van der Waals surface area (Å²) in [6, 6.07) is 2.05. The van der Waals surface area contributed by atoms with Crippen LogP contribution >= 0.6 is 43.2 Å². The third-order valence-electron chi connectivity index (χ3n) is 4.40. The molecule has 0 bridgehead atoms. The van der Waals surface area contributed by atoms with Crippen molar-refractivity contribution in [1.82, 2.24) is 0 Å². The largest absolute Gasteiger partial charge is 0.387 e. The Morgan fingerprint density at radius 2 is 1.79 bits per heavy atom. The SMILES string of the molecule is CC(C)(C)C1CCC(C(O)c2cc(Br)c(Br)s2)CC1. The van der Waals surface area contributed by atoms with E-state index in [1.807, 2.05) is 0 Å². The highest BCUT2D eigenvalue weighted by Crippen LogP contribution is 2.45. The van der Waals surface area contributed by atoms with Gasteiger partial charge in [-0.25, -0.2) is 0 Å². The van der Waals surface area contributed by atoms with Crippen LogP contribution in [0.1, 0.15) is 57.4 Å². The first-order valence-corrected chi connectivity index (χ1v) is 9.32. The molecule has 4 heteroatoms. The zero-order chi connectivity index (χ0) is 14.2. The molecule has 1 aromatic heterocycles. The topological polar surface area (TPSA) is 20.2 Å². The van der Waals surface area contributed by atoms with Crippen molar-refractivity contribution in [3.63, 3.8) is 0 Å². The van der Waals surface area contributed by atoms with Crippen molar-refractivity contribution in [2.24, 2.45) is 17.3 Å². The van der Waals surface area contributed by atoms with Crippen LogP contribution in [0, 0.1) is 17.3 Å². The number of halogens is 2. The van der Waals surface area contributed by atoms with Gasteiger partial charge in [0.05, 0.1) is 9.89 Å². The highest BCUT2D eigenvalue weighted by Gasteiger charge is 2.33. The molecule has 1 aliphatic carbocycles. The Morgan fingerprint density at radius 3 is 2.21 bits per heavy atom. The highest BCUT2D eigenvalue weighted by molar-refractivity contribution is 9.13. The van der Waals surface area contributed by atoms with Gasteiger partial charge < -0.3 is 5.11 Å². The fourth-order valence-electron chi connectivity index (χ4n) is 3.04. The minimum absolute atomic E-state index is 0.298. The number of hydrogen-bond donors (Lipinski definition) is 1. The summed E-state index contributed by atoms with van der Waals surface area (Å²) in [5, 5.41) is 10.5. The van der Waals surface area contributed by atoms with E-state index in [4.69, 9.17) is 0 Å². The van der Waals surface area contributed by atoms with Gasteiger partial charge in [0.15, 0.2) is 0 Å². The van der Waals surface area contributed by atoms with Gasteiger partial charge in [-0.2, -0.15) is 0 Å².